The maximum Gasteiger partial charge on any atom is 1.00 e. The SMILES string of the molecule is O=C(OCCO)c1ccc2nc(CCP(=O)([O-])c3ccccc3)[nH]c2c1.[K+]. The summed E-state index contributed by atoms with van der Waals surface area (Å²) in [6.45, 7) is -0.303. The van der Waals surface area contributed by atoms with E-state index >= 15 is 0 Å². The molecule has 3 rings (SSSR count). The minimum absolute atomic E-state index is 0. The van der Waals surface area contributed by atoms with Gasteiger partial charge in [0.2, 0.25) is 0 Å². The molecule has 1 aromatic heterocycles. The number of aromatic nitrogens is 2. The predicted molar refractivity (Wildman–Crippen MR) is 95.7 cm³/mol. The molecule has 1 heterocycles. The second-order valence-electron chi connectivity index (χ2n) is 5.76. The zero-order valence-corrected chi connectivity index (χ0v) is 18.9. The molecule has 0 amide bonds. The third kappa shape index (κ3) is 5.82. The Kier molecular flexibility index (Phi) is 8.39. The number of nitrogens with one attached hydrogen (secondary N) is 1. The first-order valence-electron chi connectivity index (χ1n) is 8.12. The van der Waals surface area contributed by atoms with Crippen molar-refractivity contribution < 1.29 is 75.5 Å². The number of aromatic amines is 1. The first-order valence-corrected chi connectivity index (χ1v) is 9.93. The van der Waals surface area contributed by atoms with E-state index in [4.69, 9.17) is 9.84 Å². The van der Waals surface area contributed by atoms with Crippen molar-refractivity contribution in [1.29, 1.82) is 0 Å². The molecule has 9 heteroatoms. The summed E-state index contributed by atoms with van der Waals surface area (Å²) in [5.41, 5.74) is 1.60. The fourth-order valence-corrected chi connectivity index (χ4v) is 3.96. The smallest absolute Gasteiger partial charge is 0.796 e. The molecule has 0 aliphatic heterocycles. The van der Waals surface area contributed by atoms with Gasteiger partial charge < -0.3 is 24.3 Å². The molecule has 136 valence electrons. The summed E-state index contributed by atoms with van der Waals surface area (Å²) in [6.07, 6.45) is 0.205. The van der Waals surface area contributed by atoms with Crippen molar-refractivity contribution in [2.24, 2.45) is 0 Å². The zero-order valence-electron chi connectivity index (χ0n) is 14.9. The molecule has 27 heavy (non-hydrogen) atoms. The van der Waals surface area contributed by atoms with Crippen LogP contribution >= 0.6 is 7.37 Å². The molecule has 3 aromatic rings. The van der Waals surface area contributed by atoms with Crippen molar-refractivity contribution in [3.05, 3.63) is 59.9 Å². The molecular weight excluding hydrogens is 394 g/mol. The topological polar surface area (TPSA) is 115 Å². The first kappa shape index (κ1) is 22.5. The molecule has 2 N–H and O–H groups in total. The van der Waals surface area contributed by atoms with Gasteiger partial charge in [-0.2, -0.15) is 0 Å². The number of imidazole rings is 1. The fourth-order valence-electron chi connectivity index (χ4n) is 2.57. The number of esters is 1. The summed E-state index contributed by atoms with van der Waals surface area (Å²) < 4.78 is 17.2. The monoisotopic (exact) mass is 412 g/mol. The third-order valence-corrected chi connectivity index (χ3v) is 5.78. The minimum atomic E-state index is -3.70. The van der Waals surface area contributed by atoms with E-state index in [2.05, 4.69) is 9.97 Å². The normalized spacial score (nSPS) is 13.0. The van der Waals surface area contributed by atoms with Crippen LogP contribution in [0.3, 0.4) is 0 Å². The predicted octanol–water partition coefficient (Wildman–Crippen LogP) is -1.78. The van der Waals surface area contributed by atoms with Crippen molar-refractivity contribution in [2.45, 2.75) is 6.42 Å². The Morgan fingerprint density at radius 2 is 1.96 bits per heavy atom. The largest absolute Gasteiger partial charge is 1.00 e. The Morgan fingerprint density at radius 3 is 2.67 bits per heavy atom. The maximum absolute atomic E-state index is 12.4. The van der Waals surface area contributed by atoms with Gasteiger partial charge in [-0.05, 0) is 29.7 Å². The Labute approximate surface area is 199 Å². The molecule has 0 saturated carbocycles. The van der Waals surface area contributed by atoms with Crippen LogP contribution in [0.25, 0.3) is 11.0 Å². The number of carbonyl (C=O) groups is 1. The standard InChI is InChI=1S/C18H19N2O5P.K/c21-9-10-25-18(22)13-6-7-15-16(12-13)20-17(19-15)8-11-26(23,24)14-4-2-1-3-5-14;/h1-7,12,21H,8-11H2,(H,19,20)(H,23,24);/q;+1/p-1. The number of carbonyl (C=O) groups excluding carboxylic acids is 1. The number of rotatable bonds is 7. The number of nitrogens with zero attached hydrogens (tertiary/aromatic N) is 1. The molecule has 0 aliphatic carbocycles. The number of H-pyrrole nitrogens is 1. The van der Waals surface area contributed by atoms with Gasteiger partial charge in [0.1, 0.15) is 12.4 Å². The molecule has 0 bridgehead atoms. The van der Waals surface area contributed by atoms with Crippen LogP contribution in [0.5, 0.6) is 0 Å². The van der Waals surface area contributed by atoms with Gasteiger partial charge in [0.05, 0.1) is 23.2 Å². The van der Waals surface area contributed by atoms with E-state index in [1.165, 1.54) is 0 Å². The van der Waals surface area contributed by atoms with Crippen LogP contribution in [-0.2, 0) is 15.7 Å². The number of benzene rings is 2. The van der Waals surface area contributed by atoms with Crippen LogP contribution in [0.4, 0.5) is 0 Å². The summed E-state index contributed by atoms with van der Waals surface area (Å²) in [5, 5.41) is 9.01. The molecule has 0 spiro atoms. The van der Waals surface area contributed by atoms with Gasteiger partial charge in [-0.1, -0.05) is 30.3 Å². The number of ether oxygens (including phenoxy) is 1. The van der Waals surface area contributed by atoms with Crippen molar-refractivity contribution in [3.63, 3.8) is 0 Å². The number of hydrogen-bond donors (Lipinski definition) is 2. The van der Waals surface area contributed by atoms with Crippen LogP contribution in [0.2, 0.25) is 0 Å². The summed E-state index contributed by atoms with van der Waals surface area (Å²) in [4.78, 5) is 31.6. The molecule has 1 atom stereocenters. The number of hydrogen-bond acceptors (Lipinski definition) is 6. The number of aryl methyl sites for hydroxylation is 1. The average molecular weight is 412 g/mol. The summed E-state index contributed by atoms with van der Waals surface area (Å²) in [6, 6.07) is 13.2. The van der Waals surface area contributed by atoms with Crippen LogP contribution in [0.15, 0.2) is 48.5 Å². The second kappa shape index (κ2) is 10.1. The minimum Gasteiger partial charge on any atom is -0.796 e. The number of aliphatic hydroxyl groups is 1. The van der Waals surface area contributed by atoms with E-state index in [-0.39, 0.29) is 77.2 Å². The Morgan fingerprint density at radius 1 is 1.22 bits per heavy atom. The van der Waals surface area contributed by atoms with E-state index in [1.54, 1.807) is 48.5 Å². The second-order valence-corrected chi connectivity index (χ2v) is 8.07. The van der Waals surface area contributed by atoms with E-state index in [1.807, 2.05) is 0 Å². The van der Waals surface area contributed by atoms with E-state index < -0.39 is 13.3 Å². The Balaban J connectivity index is 0.00000261. The van der Waals surface area contributed by atoms with Crippen molar-refractivity contribution in [3.8, 4) is 0 Å². The molecule has 0 saturated heterocycles. The van der Waals surface area contributed by atoms with Crippen molar-refractivity contribution in [2.75, 3.05) is 19.4 Å². The maximum atomic E-state index is 12.4. The van der Waals surface area contributed by atoms with E-state index in [0.29, 0.717) is 27.7 Å². The molecular formula is C18H18KN2O5P. The van der Waals surface area contributed by atoms with Gasteiger partial charge in [-0.15, -0.1) is 0 Å². The Hall–Kier alpha value is -0.834. The molecule has 0 aliphatic rings. The van der Waals surface area contributed by atoms with Gasteiger partial charge in [0.15, 0.2) is 0 Å². The molecule has 0 fully saturated rings. The van der Waals surface area contributed by atoms with Crippen LogP contribution in [-0.4, -0.2) is 40.4 Å². The van der Waals surface area contributed by atoms with Gasteiger partial charge in [-0.25, -0.2) is 9.78 Å². The van der Waals surface area contributed by atoms with E-state index in [9.17, 15) is 14.3 Å². The summed E-state index contributed by atoms with van der Waals surface area (Å²) in [5.74, 6) is -0.00174. The van der Waals surface area contributed by atoms with Crippen LogP contribution in [0.1, 0.15) is 16.2 Å². The van der Waals surface area contributed by atoms with Gasteiger partial charge in [-0.3, -0.25) is 0 Å². The van der Waals surface area contributed by atoms with Gasteiger partial charge in [0, 0.05) is 13.8 Å². The summed E-state index contributed by atoms with van der Waals surface area (Å²) >= 11 is 0. The zero-order chi connectivity index (χ0) is 18.6. The number of aliphatic hydroxyl groups excluding tert-OH is 1. The molecule has 0 radical (unpaired) electrons. The quantitative estimate of drug-likeness (QED) is 0.269. The summed E-state index contributed by atoms with van der Waals surface area (Å²) in [7, 11) is -3.70. The van der Waals surface area contributed by atoms with E-state index in [0.717, 1.165) is 0 Å². The molecule has 2 aromatic carbocycles. The average Bonchev–Trinajstić information content (AvgIpc) is 3.07. The Bertz CT molecular complexity index is 961. The van der Waals surface area contributed by atoms with Crippen LogP contribution in [0, 0.1) is 0 Å². The van der Waals surface area contributed by atoms with Gasteiger partial charge in [0.25, 0.3) is 0 Å². The van der Waals surface area contributed by atoms with Crippen LogP contribution < -0.4 is 61.6 Å². The molecule has 7 nitrogen and oxygen atoms in total. The number of fused-ring (bicyclic) bond motifs is 1. The fraction of sp³-hybridized carbons (Fsp3) is 0.222. The molecule has 1 unspecified atom stereocenters. The van der Waals surface area contributed by atoms with Crippen molar-refractivity contribution >= 4 is 29.7 Å². The third-order valence-electron chi connectivity index (χ3n) is 3.88. The van der Waals surface area contributed by atoms with Gasteiger partial charge >= 0.3 is 57.4 Å². The van der Waals surface area contributed by atoms with Crippen molar-refractivity contribution in [1.82, 2.24) is 9.97 Å². The first-order chi connectivity index (χ1) is 12.5.